The van der Waals surface area contributed by atoms with Crippen LogP contribution in [0, 0.1) is 0 Å². The van der Waals surface area contributed by atoms with E-state index in [2.05, 4.69) is 6.58 Å². The van der Waals surface area contributed by atoms with Crippen molar-refractivity contribution in [1.29, 1.82) is 0 Å². The van der Waals surface area contributed by atoms with Crippen molar-refractivity contribution in [3.63, 3.8) is 0 Å². The van der Waals surface area contributed by atoms with Gasteiger partial charge in [-0.15, -0.1) is 0 Å². The minimum absolute atomic E-state index is 0.250. The van der Waals surface area contributed by atoms with Gasteiger partial charge in [-0.25, -0.2) is 4.79 Å². The van der Waals surface area contributed by atoms with E-state index in [1.165, 1.54) is 6.26 Å². The SMILES string of the molecule is C=C/C(=C\C=C\OC)CC(OCc1ccccc1)C(=O)O. The number of carbonyl (C=O) groups is 1. The molecule has 1 aromatic rings. The third kappa shape index (κ3) is 6.58. The van der Waals surface area contributed by atoms with E-state index in [-0.39, 0.29) is 13.0 Å². The van der Waals surface area contributed by atoms with Crippen LogP contribution in [0.2, 0.25) is 0 Å². The molecule has 21 heavy (non-hydrogen) atoms. The second kappa shape index (κ2) is 9.55. The summed E-state index contributed by atoms with van der Waals surface area (Å²) in [6, 6.07) is 9.46. The number of benzene rings is 1. The van der Waals surface area contributed by atoms with Crippen LogP contribution < -0.4 is 0 Å². The molecule has 0 fully saturated rings. The monoisotopic (exact) mass is 288 g/mol. The smallest absolute Gasteiger partial charge is 0.333 e. The normalized spacial score (nSPS) is 13.1. The molecule has 0 spiro atoms. The lowest BCUT2D eigenvalue weighted by Gasteiger charge is -2.14. The van der Waals surface area contributed by atoms with Gasteiger partial charge in [0.2, 0.25) is 0 Å². The third-order valence-electron chi connectivity index (χ3n) is 2.78. The van der Waals surface area contributed by atoms with E-state index in [0.717, 1.165) is 11.1 Å². The number of methoxy groups -OCH3 is 1. The van der Waals surface area contributed by atoms with Crippen LogP contribution in [0.1, 0.15) is 12.0 Å². The van der Waals surface area contributed by atoms with Crippen LogP contribution in [0.5, 0.6) is 0 Å². The standard InChI is InChI=1S/C17H20O4/c1-3-14(10-7-11-20-2)12-16(17(18)19)21-13-15-8-5-4-6-9-15/h3-11,16H,1,12-13H2,2H3,(H,18,19)/b11-7+,14-10+. The maximum absolute atomic E-state index is 11.3. The highest BCUT2D eigenvalue weighted by Crippen LogP contribution is 2.13. The Labute approximate surface area is 125 Å². The molecule has 112 valence electrons. The highest BCUT2D eigenvalue weighted by molar-refractivity contribution is 5.72. The Morgan fingerprint density at radius 1 is 1.38 bits per heavy atom. The second-order valence-corrected chi connectivity index (χ2v) is 4.34. The van der Waals surface area contributed by atoms with E-state index in [1.807, 2.05) is 30.3 Å². The fourth-order valence-corrected chi connectivity index (χ4v) is 1.66. The van der Waals surface area contributed by atoms with Gasteiger partial charge in [-0.3, -0.25) is 0 Å². The van der Waals surface area contributed by atoms with Crippen molar-refractivity contribution < 1.29 is 19.4 Å². The topological polar surface area (TPSA) is 55.8 Å². The van der Waals surface area contributed by atoms with Crippen LogP contribution in [-0.2, 0) is 20.9 Å². The summed E-state index contributed by atoms with van der Waals surface area (Å²) in [6.45, 7) is 3.94. The molecule has 0 aliphatic carbocycles. The number of allylic oxidation sites excluding steroid dienone is 3. The summed E-state index contributed by atoms with van der Waals surface area (Å²) in [5.74, 6) is -0.991. The van der Waals surface area contributed by atoms with Crippen molar-refractivity contribution in [2.45, 2.75) is 19.1 Å². The zero-order valence-electron chi connectivity index (χ0n) is 12.1. The van der Waals surface area contributed by atoms with Crippen LogP contribution >= 0.6 is 0 Å². The van der Waals surface area contributed by atoms with Crippen molar-refractivity contribution in [2.24, 2.45) is 0 Å². The Kier molecular flexibility index (Phi) is 7.61. The number of carboxylic acid groups (broad SMARTS) is 1. The molecule has 1 rings (SSSR count). The van der Waals surface area contributed by atoms with E-state index in [9.17, 15) is 9.90 Å². The van der Waals surface area contributed by atoms with Gasteiger partial charge in [0.05, 0.1) is 20.0 Å². The first-order valence-corrected chi connectivity index (χ1v) is 6.56. The summed E-state index contributed by atoms with van der Waals surface area (Å²) < 4.78 is 10.3. The first kappa shape index (κ1) is 16.7. The molecule has 0 aliphatic rings. The number of hydrogen-bond donors (Lipinski definition) is 1. The van der Waals surface area contributed by atoms with Gasteiger partial charge in [0, 0.05) is 6.42 Å². The largest absolute Gasteiger partial charge is 0.504 e. The quantitative estimate of drug-likeness (QED) is 0.559. The van der Waals surface area contributed by atoms with Crippen molar-refractivity contribution in [3.05, 3.63) is 72.5 Å². The number of rotatable bonds is 9. The maximum Gasteiger partial charge on any atom is 0.333 e. The van der Waals surface area contributed by atoms with Crippen molar-refractivity contribution in [3.8, 4) is 0 Å². The van der Waals surface area contributed by atoms with Gasteiger partial charge in [-0.1, -0.05) is 49.1 Å². The summed E-state index contributed by atoms with van der Waals surface area (Å²) >= 11 is 0. The fourth-order valence-electron chi connectivity index (χ4n) is 1.66. The van der Waals surface area contributed by atoms with Gasteiger partial charge >= 0.3 is 5.97 Å². The molecule has 4 nitrogen and oxygen atoms in total. The Hall–Kier alpha value is -2.33. The first-order valence-electron chi connectivity index (χ1n) is 6.56. The molecule has 1 aromatic carbocycles. The average Bonchev–Trinajstić information content (AvgIpc) is 2.50. The van der Waals surface area contributed by atoms with E-state index in [0.29, 0.717) is 0 Å². The molecule has 0 aliphatic heterocycles. The summed E-state index contributed by atoms with van der Waals surface area (Å²) in [5.41, 5.74) is 1.70. The molecular formula is C17H20O4. The molecule has 0 amide bonds. The predicted molar refractivity (Wildman–Crippen MR) is 81.7 cm³/mol. The van der Waals surface area contributed by atoms with Gasteiger partial charge in [-0.05, 0) is 17.2 Å². The summed E-state index contributed by atoms with van der Waals surface area (Å²) in [5, 5.41) is 9.24. The molecular weight excluding hydrogens is 268 g/mol. The average molecular weight is 288 g/mol. The van der Waals surface area contributed by atoms with Crippen LogP contribution in [-0.4, -0.2) is 24.3 Å². The zero-order chi connectivity index (χ0) is 15.5. The van der Waals surface area contributed by atoms with E-state index < -0.39 is 12.1 Å². The number of carboxylic acids is 1. The van der Waals surface area contributed by atoms with E-state index in [1.54, 1.807) is 25.3 Å². The molecule has 0 radical (unpaired) electrons. The molecule has 0 bridgehead atoms. The number of hydrogen-bond acceptors (Lipinski definition) is 3. The van der Waals surface area contributed by atoms with Crippen LogP contribution in [0.25, 0.3) is 0 Å². The van der Waals surface area contributed by atoms with Gasteiger partial charge in [0.1, 0.15) is 0 Å². The number of ether oxygens (including phenoxy) is 2. The van der Waals surface area contributed by atoms with Crippen molar-refractivity contribution in [1.82, 2.24) is 0 Å². The first-order chi connectivity index (χ1) is 10.2. The molecule has 1 N–H and O–H groups in total. The Morgan fingerprint density at radius 3 is 2.67 bits per heavy atom. The minimum Gasteiger partial charge on any atom is -0.504 e. The fraction of sp³-hybridized carbons (Fsp3) is 0.235. The molecule has 4 heteroatoms. The minimum atomic E-state index is -0.991. The van der Waals surface area contributed by atoms with Crippen LogP contribution in [0.4, 0.5) is 0 Å². The third-order valence-corrected chi connectivity index (χ3v) is 2.78. The summed E-state index contributed by atoms with van der Waals surface area (Å²) in [4.78, 5) is 11.3. The number of aliphatic carboxylic acids is 1. The second-order valence-electron chi connectivity index (χ2n) is 4.34. The van der Waals surface area contributed by atoms with Gasteiger partial charge in [0.15, 0.2) is 6.10 Å². The van der Waals surface area contributed by atoms with Crippen molar-refractivity contribution >= 4 is 5.97 Å². The molecule has 0 heterocycles. The van der Waals surface area contributed by atoms with Gasteiger partial charge in [-0.2, -0.15) is 0 Å². The Morgan fingerprint density at radius 2 is 2.10 bits per heavy atom. The maximum atomic E-state index is 11.3. The Bertz CT molecular complexity index is 503. The highest BCUT2D eigenvalue weighted by Gasteiger charge is 2.18. The van der Waals surface area contributed by atoms with Gasteiger partial charge in [0.25, 0.3) is 0 Å². The highest BCUT2D eigenvalue weighted by atomic mass is 16.5. The van der Waals surface area contributed by atoms with Crippen LogP contribution in [0.3, 0.4) is 0 Å². The molecule has 0 aromatic heterocycles. The lowest BCUT2D eigenvalue weighted by Crippen LogP contribution is -2.24. The summed E-state index contributed by atoms with van der Waals surface area (Å²) in [7, 11) is 1.54. The Balaban J connectivity index is 2.64. The molecule has 0 saturated carbocycles. The summed E-state index contributed by atoms with van der Waals surface area (Å²) in [6.07, 6.45) is 5.89. The molecule has 1 unspecified atom stereocenters. The zero-order valence-corrected chi connectivity index (χ0v) is 12.1. The molecule has 1 atom stereocenters. The van der Waals surface area contributed by atoms with Crippen molar-refractivity contribution in [2.75, 3.05) is 7.11 Å². The predicted octanol–water partition coefficient (Wildman–Crippen LogP) is 3.32. The van der Waals surface area contributed by atoms with E-state index in [4.69, 9.17) is 9.47 Å². The lowest BCUT2D eigenvalue weighted by atomic mass is 10.1. The van der Waals surface area contributed by atoms with Gasteiger partial charge < -0.3 is 14.6 Å². The lowest BCUT2D eigenvalue weighted by molar-refractivity contribution is -0.151. The van der Waals surface area contributed by atoms with E-state index >= 15 is 0 Å². The molecule has 0 saturated heterocycles. The van der Waals surface area contributed by atoms with Crippen LogP contribution in [0.15, 0.2) is 67.0 Å².